The largest absolute Gasteiger partial charge is 0.383 e. The monoisotopic (exact) mass is 436 g/mol. The molecule has 2 heterocycles. The van der Waals surface area contributed by atoms with Gasteiger partial charge >= 0.3 is 6.03 Å². The average molecular weight is 437 g/mol. The van der Waals surface area contributed by atoms with E-state index in [1.165, 1.54) is 16.9 Å². The molecule has 1 aromatic heterocycles. The Bertz CT molecular complexity index is 993. The van der Waals surface area contributed by atoms with Crippen molar-refractivity contribution in [3.63, 3.8) is 0 Å². The maximum Gasteiger partial charge on any atom is 0.320 e. The van der Waals surface area contributed by atoms with E-state index >= 15 is 0 Å². The number of urea groups is 1. The van der Waals surface area contributed by atoms with Gasteiger partial charge in [-0.05, 0) is 12.5 Å². The van der Waals surface area contributed by atoms with Gasteiger partial charge in [0.25, 0.3) is 0 Å². The summed E-state index contributed by atoms with van der Waals surface area (Å²) in [5.41, 5.74) is 3.12. The molecule has 0 aliphatic carbocycles. The number of amides is 2. The molecule has 4 rings (SSSR count). The van der Waals surface area contributed by atoms with E-state index in [-0.39, 0.29) is 18.0 Å². The first-order valence-electron chi connectivity index (χ1n) is 10.5. The van der Waals surface area contributed by atoms with Crippen LogP contribution in [0.15, 0.2) is 60.7 Å². The fourth-order valence-corrected chi connectivity index (χ4v) is 4.96. The van der Waals surface area contributed by atoms with Crippen molar-refractivity contribution in [2.24, 2.45) is 0 Å². The van der Waals surface area contributed by atoms with Crippen molar-refractivity contribution in [3.8, 4) is 10.6 Å². The third kappa shape index (κ3) is 5.31. The van der Waals surface area contributed by atoms with Gasteiger partial charge in [-0.1, -0.05) is 72.0 Å². The Labute approximate surface area is 187 Å². The van der Waals surface area contributed by atoms with Gasteiger partial charge < -0.3 is 10.1 Å². The maximum absolute atomic E-state index is 12.9. The molecule has 2 N–H and O–H groups in total. The molecule has 162 valence electrons. The number of methoxy groups -OCH3 is 1. The van der Waals surface area contributed by atoms with E-state index in [1.54, 1.807) is 7.11 Å². The number of nitrogens with one attached hydrogen (secondary N) is 2. The summed E-state index contributed by atoms with van der Waals surface area (Å²) in [7, 11) is 1.72. The molecule has 3 aromatic rings. The summed E-state index contributed by atoms with van der Waals surface area (Å²) in [4.78, 5) is 19.9. The Morgan fingerprint density at radius 1 is 1.13 bits per heavy atom. The first-order chi connectivity index (χ1) is 15.1. The van der Waals surface area contributed by atoms with E-state index in [0.29, 0.717) is 6.61 Å². The van der Waals surface area contributed by atoms with Crippen molar-refractivity contribution in [3.05, 3.63) is 71.9 Å². The lowest BCUT2D eigenvalue weighted by Gasteiger charge is -2.20. The fraction of sp³-hybridized carbons (Fsp3) is 0.333. The molecule has 0 spiro atoms. The third-order valence-corrected chi connectivity index (χ3v) is 6.72. The lowest BCUT2D eigenvalue weighted by Crippen LogP contribution is -2.42. The SMILES string of the molecule is COCCN1CC(NC(=O)Nc2sc(-c3ccccc3)nc2C)C(c2ccccc2)C1. The molecule has 2 atom stereocenters. The minimum absolute atomic E-state index is 0.0288. The van der Waals surface area contributed by atoms with Crippen molar-refractivity contribution >= 4 is 22.4 Å². The number of benzene rings is 2. The number of likely N-dealkylation sites (tertiary alicyclic amines) is 1. The van der Waals surface area contributed by atoms with E-state index < -0.39 is 0 Å². The topological polar surface area (TPSA) is 66.5 Å². The third-order valence-electron chi connectivity index (χ3n) is 5.60. The van der Waals surface area contributed by atoms with Crippen LogP contribution in [0.2, 0.25) is 0 Å². The summed E-state index contributed by atoms with van der Waals surface area (Å²) in [6.07, 6.45) is 0. The number of hydrogen-bond acceptors (Lipinski definition) is 5. The maximum atomic E-state index is 12.9. The van der Waals surface area contributed by atoms with Gasteiger partial charge in [0.05, 0.1) is 18.3 Å². The zero-order valence-corrected chi connectivity index (χ0v) is 18.7. The van der Waals surface area contributed by atoms with Gasteiger partial charge in [-0.25, -0.2) is 9.78 Å². The number of carbonyl (C=O) groups excluding carboxylic acids is 1. The second-order valence-electron chi connectivity index (χ2n) is 7.77. The van der Waals surface area contributed by atoms with Crippen LogP contribution in [0.3, 0.4) is 0 Å². The van der Waals surface area contributed by atoms with E-state index in [1.807, 2.05) is 43.3 Å². The van der Waals surface area contributed by atoms with Gasteiger partial charge in [0.2, 0.25) is 0 Å². The fourth-order valence-electron chi connectivity index (χ4n) is 4.00. The van der Waals surface area contributed by atoms with E-state index in [0.717, 1.165) is 40.9 Å². The molecule has 0 radical (unpaired) electrons. The lowest BCUT2D eigenvalue weighted by atomic mass is 9.94. The highest BCUT2D eigenvalue weighted by atomic mass is 32.1. The van der Waals surface area contributed by atoms with Crippen LogP contribution in [0.25, 0.3) is 10.6 Å². The highest BCUT2D eigenvalue weighted by Crippen LogP contribution is 2.32. The van der Waals surface area contributed by atoms with Crippen molar-refractivity contribution in [1.29, 1.82) is 0 Å². The standard InChI is InChI=1S/C24H28N4O2S/c1-17-22(31-23(25-17)19-11-7-4-8-12-19)27-24(29)26-21-16-28(13-14-30-2)15-20(21)18-9-5-3-6-10-18/h3-12,20-21H,13-16H2,1-2H3,(H2,26,27,29). The van der Waals surface area contributed by atoms with Crippen molar-refractivity contribution < 1.29 is 9.53 Å². The molecule has 0 bridgehead atoms. The molecule has 1 aliphatic rings. The molecule has 7 heteroatoms. The van der Waals surface area contributed by atoms with Gasteiger partial charge in [-0.15, -0.1) is 0 Å². The van der Waals surface area contributed by atoms with Crippen LogP contribution in [-0.2, 0) is 4.74 Å². The summed E-state index contributed by atoms with van der Waals surface area (Å²) < 4.78 is 5.25. The molecular formula is C24H28N4O2S. The summed E-state index contributed by atoms with van der Waals surface area (Å²) in [5.74, 6) is 0.242. The molecule has 2 unspecified atom stereocenters. The van der Waals surface area contributed by atoms with Gasteiger partial charge in [-0.2, -0.15) is 0 Å². The van der Waals surface area contributed by atoms with Gasteiger partial charge in [-0.3, -0.25) is 10.2 Å². The molecule has 0 saturated carbocycles. The van der Waals surface area contributed by atoms with Crippen LogP contribution in [0.4, 0.5) is 9.80 Å². The van der Waals surface area contributed by atoms with Crippen LogP contribution in [-0.4, -0.2) is 55.3 Å². The van der Waals surface area contributed by atoms with E-state index in [9.17, 15) is 4.79 Å². The number of aromatic nitrogens is 1. The minimum Gasteiger partial charge on any atom is -0.383 e. The Morgan fingerprint density at radius 2 is 1.84 bits per heavy atom. The normalized spacial score (nSPS) is 18.8. The smallest absolute Gasteiger partial charge is 0.320 e. The van der Waals surface area contributed by atoms with Gasteiger partial charge in [0.1, 0.15) is 10.0 Å². The lowest BCUT2D eigenvalue weighted by molar-refractivity contribution is 0.159. The molecule has 2 aromatic carbocycles. The Kier molecular flexibility index (Phi) is 6.96. The summed E-state index contributed by atoms with van der Waals surface area (Å²) in [5, 5.41) is 7.91. The van der Waals surface area contributed by atoms with Crippen molar-refractivity contribution in [2.75, 3.05) is 38.7 Å². The van der Waals surface area contributed by atoms with E-state index in [4.69, 9.17) is 4.74 Å². The second-order valence-corrected chi connectivity index (χ2v) is 8.77. The first kappa shape index (κ1) is 21.5. The van der Waals surface area contributed by atoms with Crippen LogP contribution < -0.4 is 10.6 Å². The van der Waals surface area contributed by atoms with Gasteiger partial charge in [0, 0.05) is 38.2 Å². The molecule has 1 fully saturated rings. The zero-order valence-electron chi connectivity index (χ0n) is 17.9. The Balaban J connectivity index is 1.44. The number of nitrogens with zero attached hydrogens (tertiary/aromatic N) is 2. The summed E-state index contributed by atoms with van der Waals surface area (Å²) >= 11 is 1.50. The summed E-state index contributed by atoms with van der Waals surface area (Å²) in [6.45, 7) is 5.16. The predicted molar refractivity (Wildman–Crippen MR) is 126 cm³/mol. The Hall–Kier alpha value is -2.74. The molecular weight excluding hydrogens is 408 g/mol. The predicted octanol–water partition coefficient (Wildman–Crippen LogP) is 4.35. The number of anilines is 1. The van der Waals surface area contributed by atoms with Crippen LogP contribution >= 0.6 is 11.3 Å². The number of hydrogen-bond donors (Lipinski definition) is 2. The molecule has 6 nitrogen and oxygen atoms in total. The minimum atomic E-state index is -0.189. The highest BCUT2D eigenvalue weighted by molar-refractivity contribution is 7.19. The van der Waals surface area contributed by atoms with Crippen molar-refractivity contribution in [2.45, 2.75) is 18.9 Å². The summed E-state index contributed by atoms with van der Waals surface area (Å²) in [6, 6.07) is 20.3. The quantitative estimate of drug-likeness (QED) is 0.578. The number of aryl methyl sites for hydroxylation is 1. The molecule has 1 saturated heterocycles. The number of ether oxygens (including phenoxy) is 1. The Morgan fingerprint density at radius 3 is 2.55 bits per heavy atom. The zero-order chi connectivity index (χ0) is 21.6. The number of rotatable bonds is 7. The molecule has 31 heavy (non-hydrogen) atoms. The van der Waals surface area contributed by atoms with Crippen molar-refractivity contribution in [1.82, 2.24) is 15.2 Å². The molecule has 1 aliphatic heterocycles. The highest BCUT2D eigenvalue weighted by Gasteiger charge is 2.34. The first-order valence-corrected chi connectivity index (χ1v) is 11.3. The number of thiazole rings is 1. The average Bonchev–Trinajstić information content (AvgIpc) is 3.36. The second kappa shape index (κ2) is 10.0. The van der Waals surface area contributed by atoms with Gasteiger partial charge in [0.15, 0.2) is 0 Å². The molecule has 2 amide bonds. The van der Waals surface area contributed by atoms with Crippen LogP contribution in [0, 0.1) is 6.92 Å². The number of carbonyl (C=O) groups is 1. The van der Waals surface area contributed by atoms with Crippen LogP contribution in [0.5, 0.6) is 0 Å². The van der Waals surface area contributed by atoms with Crippen LogP contribution in [0.1, 0.15) is 17.2 Å². The van der Waals surface area contributed by atoms with E-state index in [2.05, 4.69) is 44.8 Å².